The lowest BCUT2D eigenvalue weighted by Gasteiger charge is -1.95. The second kappa shape index (κ2) is 3.58. The van der Waals surface area contributed by atoms with E-state index in [-0.39, 0.29) is 16.4 Å². The Hall–Kier alpha value is -2.09. The number of nitrogens with one attached hydrogen (secondary N) is 1. The van der Waals surface area contributed by atoms with Gasteiger partial charge in [0.1, 0.15) is 11.3 Å². The van der Waals surface area contributed by atoms with Crippen molar-refractivity contribution in [1.82, 2.24) is 24.7 Å². The van der Waals surface area contributed by atoms with Crippen molar-refractivity contribution in [2.24, 2.45) is 5.73 Å². The summed E-state index contributed by atoms with van der Waals surface area (Å²) in [5, 5.41) is 3.95. The molecule has 0 radical (unpaired) electrons. The molecule has 15 heavy (non-hydrogen) atoms. The zero-order valence-electron chi connectivity index (χ0n) is 7.41. The van der Waals surface area contributed by atoms with E-state index in [9.17, 15) is 4.79 Å². The SMILES string of the molecule is NC(=S)c1ncn(-c2cc(=O)[nH]cn2)n1. The molecule has 0 saturated carbocycles. The van der Waals surface area contributed by atoms with Gasteiger partial charge in [-0.1, -0.05) is 12.2 Å². The predicted octanol–water partition coefficient (Wildman–Crippen LogP) is -1.02. The molecule has 2 rings (SSSR count). The van der Waals surface area contributed by atoms with Crippen molar-refractivity contribution >= 4 is 17.2 Å². The molecular weight excluding hydrogens is 216 g/mol. The summed E-state index contributed by atoms with van der Waals surface area (Å²) in [4.78, 5) is 21.2. The zero-order chi connectivity index (χ0) is 10.8. The molecule has 0 bridgehead atoms. The van der Waals surface area contributed by atoms with Gasteiger partial charge < -0.3 is 10.7 Å². The first-order chi connectivity index (χ1) is 7.16. The fourth-order valence-electron chi connectivity index (χ4n) is 0.970. The van der Waals surface area contributed by atoms with Gasteiger partial charge in [-0.25, -0.2) is 14.6 Å². The highest BCUT2D eigenvalue weighted by atomic mass is 32.1. The number of aromatic nitrogens is 5. The fourth-order valence-corrected chi connectivity index (χ4v) is 1.06. The minimum atomic E-state index is -0.271. The van der Waals surface area contributed by atoms with Crippen LogP contribution >= 0.6 is 12.2 Å². The number of rotatable bonds is 2. The number of nitrogens with zero attached hydrogens (tertiary/aromatic N) is 4. The Bertz CT molecular complexity index is 558. The topological polar surface area (TPSA) is 102 Å². The van der Waals surface area contributed by atoms with Crippen LogP contribution in [0.4, 0.5) is 0 Å². The second-order valence-electron chi connectivity index (χ2n) is 2.65. The molecule has 0 aliphatic carbocycles. The monoisotopic (exact) mass is 222 g/mol. The van der Waals surface area contributed by atoms with Crippen molar-refractivity contribution in [2.75, 3.05) is 0 Å². The van der Waals surface area contributed by atoms with Gasteiger partial charge in [-0.2, -0.15) is 0 Å². The minimum absolute atomic E-state index is 0.0959. The molecule has 2 aromatic heterocycles. The molecule has 0 amide bonds. The second-order valence-corrected chi connectivity index (χ2v) is 3.09. The molecule has 0 aromatic carbocycles. The van der Waals surface area contributed by atoms with Crippen LogP contribution in [0.3, 0.4) is 0 Å². The van der Waals surface area contributed by atoms with Crippen LogP contribution < -0.4 is 11.3 Å². The van der Waals surface area contributed by atoms with Crippen molar-refractivity contribution in [3.05, 3.63) is 34.9 Å². The van der Waals surface area contributed by atoms with Gasteiger partial charge in [0.05, 0.1) is 6.33 Å². The van der Waals surface area contributed by atoms with Gasteiger partial charge >= 0.3 is 0 Å². The standard InChI is InChI=1S/C7H6N6OS/c8-6(15)7-11-3-13(12-7)4-1-5(14)10-2-9-4/h1-3H,(H2,8,15)(H,9,10,14). The summed E-state index contributed by atoms with van der Waals surface area (Å²) >= 11 is 4.70. The third kappa shape index (κ3) is 1.89. The highest BCUT2D eigenvalue weighted by Gasteiger charge is 2.05. The van der Waals surface area contributed by atoms with Crippen molar-refractivity contribution in [3.63, 3.8) is 0 Å². The highest BCUT2D eigenvalue weighted by Crippen LogP contribution is 1.97. The van der Waals surface area contributed by atoms with Gasteiger partial charge in [0.15, 0.2) is 5.82 Å². The number of H-pyrrole nitrogens is 1. The van der Waals surface area contributed by atoms with Crippen LogP contribution in [-0.2, 0) is 0 Å². The Balaban J connectivity index is 2.46. The Morgan fingerprint density at radius 1 is 1.53 bits per heavy atom. The van der Waals surface area contributed by atoms with Crippen LogP contribution in [0, 0.1) is 0 Å². The molecule has 3 N–H and O–H groups in total. The van der Waals surface area contributed by atoms with Crippen molar-refractivity contribution in [1.29, 1.82) is 0 Å². The van der Waals surface area contributed by atoms with E-state index in [4.69, 9.17) is 18.0 Å². The molecule has 8 heteroatoms. The molecule has 76 valence electrons. The summed E-state index contributed by atoms with van der Waals surface area (Å²) in [5.74, 6) is 0.598. The quantitative estimate of drug-likeness (QED) is 0.631. The summed E-state index contributed by atoms with van der Waals surface area (Å²) in [6, 6.07) is 1.29. The molecule has 2 aromatic rings. The van der Waals surface area contributed by atoms with Gasteiger partial charge in [0.2, 0.25) is 5.82 Å². The van der Waals surface area contributed by atoms with E-state index < -0.39 is 0 Å². The molecule has 7 nitrogen and oxygen atoms in total. The first kappa shape index (κ1) is 9.46. The minimum Gasteiger partial charge on any atom is -0.387 e. The van der Waals surface area contributed by atoms with E-state index in [1.165, 1.54) is 23.4 Å². The Morgan fingerprint density at radius 3 is 2.93 bits per heavy atom. The Labute approximate surface area is 89.0 Å². The third-order valence-electron chi connectivity index (χ3n) is 1.61. The van der Waals surface area contributed by atoms with Crippen LogP contribution in [-0.4, -0.2) is 29.7 Å². The normalized spacial score (nSPS) is 10.1. The summed E-state index contributed by atoms with van der Waals surface area (Å²) < 4.78 is 1.32. The van der Waals surface area contributed by atoms with Crippen LogP contribution in [0.1, 0.15) is 5.82 Å². The van der Waals surface area contributed by atoms with E-state index in [2.05, 4.69) is 20.1 Å². The average molecular weight is 222 g/mol. The molecule has 0 saturated heterocycles. The molecule has 0 aliphatic rings. The van der Waals surface area contributed by atoms with Crippen LogP contribution in [0.5, 0.6) is 0 Å². The van der Waals surface area contributed by atoms with Gasteiger partial charge in [-0.15, -0.1) is 5.10 Å². The smallest absolute Gasteiger partial charge is 0.252 e. The average Bonchev–Trinajstić information content (AvgIpc) is 2.66. The van der Waals surface area contributed by atoms with Crippen LogP contribution in [0.25, 0.3) is 5.82 Å². The van der Waals surface area contributed by atoms with Gasteiger partial charge in [-0.05, 0) is 0 Å². The summed E-state index contributed by atoms with van der Waals surface area (Å²) in [7, 11) is 0. The molecule has 0 fully saturated rings. The predicted molar refractivity (Wildman–Crippen MR) is 55.7 cm³/mol. The number of hydrogen-bond acceptors (Lipinski definition) is 5. The third-order valence-corrected chi connectivity index (χ3v) is 1.79. The van der Waals surface area contributed by atoms with Crippen molar-refractivity contribution in [2.45, 2.75) is 0 Å². The molecule has 0 atom stereocenters. The number of aromatic amines is 1. The molecule has 0 aliphatic heterocycles. The zero-order valence-corrected chi connectivity index (χ0v) is 8.23. The van der Waals surface area contributed by atoms with E-state index in [0.29, 0.717) is 5.82 Å². The number of thiocarbonyl (C=S) groups is 1. The largest absolute Gasteiger partial charge is 0.387 e. The van der Waals surface area contributed by atoms with Gasteiger partial charge in [0.25, 0.3) is 5.56 Å². The lowest BCUT2D eigenvalue weighted by Crippen LogP contribution is -2.13. The number of nitrogens with two attached hydrogens (primary N) is 1. The summed E-state index contributed by atoms with van der Waals surface area (Å²) in [6.45, 7) is 0. The highest BCUT2D eigenvalue weighted by molar-refractivity contribution is 7.80. The van der Waals surface area contributed by atoms with Crippen LogP contribution in [0.2, 0.25) is 0 Å². The lowest BCUT2D eigenvalue weighted by molar-refractivity contribution is 0.831. The maximum atomic E-state index is 11.0. The van der Waals surface area contributed by atoms with Gasteiger partial charge in [-0.3, -0.25) is 4.79 Å². The Morgan fingerprint density at radius 2 is 2.33 bits per heavy atom. The van der Waals surface area contributed by atoms with E-state index >= 15 is 0 Å². The molecule has 0 spiro atoms. The summed E-state index contributed by atoms with van der Waals surface area (Å²) in [6.07, 6.45) is 2.66. The fraction of sp³-hybridized carbons (Fsp3) is 0. The van der Waals surface area contributed by atoms with Crippen molar-refractivity contribution in [3.8, 4) is 5.82 Å². The molecule has 2 heterocycles. The Kier molecular flexibility index (Phi) is 2.26. The first-order valence-electron chi connectivity index (χ1n) is 3.93. The van der Waals surface area contributed by atoms with Crippen LogP contribution in [0.15, 0.2) is 23.5 Å². The maximum Gasteiger partial charge on any atom is 0.252 e. The van der Waals surface area contributed by atoms with E-state index in [0.717, 1.165) is 0 Å². The van der Waals surface area contributed by atoms with E-state index in [1.807, 2.05) is 0 Å². The van der Waals surface area contributed by atoms with E-state index in [1.54, 1.807) is 0 Å². The molecular formula is C7H6N6OS. The van der Waals surface area contributed by atoms with Gasteiger partial charge in [0, 0.05) is 6.07 Å². The van der Waals surface area contributed by atoms with Crippen molar-refractivity contribution < 1.29 is 0 Å². The maximum absolute atomic E-state index is 11.0. The lowest BCUT2D eigenvalue weighted by atomic mass is 10.6. The summed E-state index contributed by atoms with van der Waals surface area (Å²) in [5.41, 5.74) is 5.07. The number of hydrogen-bond donors (Lipinski definition) is 2. The first-order valence-corrected chi connectivity index (χ1v) is 4.34. The molecule has 0 unspecified atom stereocenters.